The largest absolute Gasteiger partial charge is 0.480 e. The van der Waals surface area contributed by atoms with E-state index in [-0.39, 0.29) is 17.9 Å². The summed E-state index contributed by atoms with van der Waals surface area (Å²) in [6.07, 6.45) is 0.918. The number of hydrogen-bond acceptors (Lipinski definition) is 6. The Labute approximate surface area is 173 Å². The fraction of sp³-hybridized carbons (Fsp3) is 0.318. The average molecular weight is 403 g/mol. The number of hydrogen-bond donors (Lipinski definition) is 2. The highest BCUT2D eigenvalue weighted by Gasteiger charge is 2.60. The van der Waals surface area contributed by atoms with Crippen molar-refractivity contribution in [3.63, 3.8) is 0 Å². The number of hydrazine groups is 1. The normalized spacial score (nSPS) is 29.2. The van der Waals surface area contributed by atoms with Crippen LogP contribution in [-0.4, -0.2) is 39.4 Å². The summed E-state index contributed by atoms with van der Waals surface area (Å²) in [5, 5.41) is 20.3. The summed E-state index contributed by atoms with van der Waals surface area (Å²) >= 11 is 0. The zero-order chi connectivity index (χ0) is 20.9. The summed E-state index contributed by atoms with van der Waals surface area (Å²) in [6, 6.07) is 15.8. The third kappa shape index (κ3) is 2.56. The van der Waals surface area contributed by atoms with Crippen LogP contribution < -0.4 is 5.43 Å². The lowest BCUT2D eigenvalue weighted by Crippen LogP contribution is -2.51. The van der Waals surface area contributed by atoms with Gasteiger partial charge in [-0.2, -0.15) is 10.2 Å². The van der Waals surface area contributed by atoms with Crippen molar-refractivity contribution in [1.29, 1.82) is 0 Å². The molecular weight excluding hydrogens is 382 g/mol. The molecule has 4 unspecified atom stereocenters. The van der Waals surface area contributed by atoms with Crippen LogP contribution in [0, 0.1) is 5.92 Å². The van der Waals surface area contributed by atoms with Gasteiger partial charge in [0.25, 0.3) is 5.91 Å². The summed E-state index contributed by atoms with van der Waals surface area (Å²) in [7, 11) is 0. The van der Waals surface area contributed by atoms with Crippen LogP contribution in [0.1, 0.15) is 30.5 Å². The number of rotatable bonds is 4. The maximum Gasteiger partial charge on any atom is 0.328 e. The van der Waals surface area contributed by atoms with E-state index in [1.165, 1.54) is 0 Å². The molecule has 8 heteroatoms. The number of azo groups is 1. The molecule has 0 spiro atoms. The molecule has 3 aliphatic rings. The fourth-order valence-corrected chi connectivity index (χ4v) is 4.73. The quantitative estimate of drug-likeness (QED) is 0.765. The topological polar surface area (TPSA) is 107 Å². The van der Waals surface area contributed by atoms with Gasteiger partial charge in [-0.25, -0.2) is 4.79 Å². The van der Waals surface area contributed by atoms with Crippen molar-refractivity contribution in [2.75, 3.05) is 0 Å². The molecule has 0 bridgehead atoms. The lowest BCUT2D eigenvalue weighted by Gasteiger charge is -2.38. The summed E-state index contributed by atoms with van der Waals surface area (Å²) in [5.41, 5.74) is 4.29. The Hall–Kier alpha value is -3.55. The van der Waals surface area contributed by atoms with Gasteiger partial charge < -0.3 is 5.11 Å². The second kappa shape index (κ2) is 6.76. The van der Waals surface area contributed by atoms with E-state index in [0.29, 0.717) is 24.4 Å². The molecule has 0 saturated carbocycles. The molecule has 0 aromatic heterocycles. The third-order valence-electron chi connectivity index (χ3n) is 6.23. The van der Waals surface area contributed by atoms with Crippen molar-refractivity contribution in [2.24, 2.45) is 21.1 Å². The molecule has 1 saturated heterocycles. The van der Waals surface area contributed by atoms with E-state index in [9.17, 15) is 14.7 Å². The maximum absolute atomic E-state index is 13.2. The molecule has 1 aliphatic carbocycles. The van der Waals surface area contributed by atoms with E-state index in [4.69, 9.17) is 0 Å². The Morgan fingerprint density at radius 2 is 1.97 bits per heavy atom. The summed E-state index contributed by atoms with van der Waals surface area (Å²) in [5.74, 6) is -1.25. The van der Waals surface area contributed by atoms with Gasteiger partial charge >= 0.3 is 5.97 Å². The number of nitrogens with zero attached hydrogens (tertiary/aromatic N) is 4. The minimum absolute atomic E-state index is 0.261. The van der Waals surface area contributed by atoms with Crippen LogP contribution >= 0.6 is 0 Å². The molecule has 2 heterocycles. The molecule has 2 aromatic carbocycles. The van der Waals surface area contributed by atoms with Gasteiger partial charge in [0.2, 0.25) is 5.54 Å². The van der Waals surface area contributed by atoms with Crippen molar-refractivity contribution in [3.8, 4) is 0 Å². The number of carbonyl (C=O) groups is 2. The molecule has 30 heavy (non-hydrogen) atoms. The SMILES string of the molecule is CCC1(N=Nc2ccccc2)C(=O)NN2C1=NC(C(=O)O)C1Cc3ccccc3C12. The molecular formula is C22H21N5O3. The number of carboxylic acid groups (broad SMARTS) is 1. The Kier molecular flexibility index (Phi) is 4.16. The number of nitrogens with one attached hydrogen (secondary N) is 1. The number of aliphatic carboxylic acids is 1. The summed E-state index contributed by atoms with van der Waals surface area (Å²) in [6.45, 7) is 1.83. The summed E-state index contributed by atoms with van der Waals surface area (Å²) in [4.78, 5) is 29.8. The second-order valence-corrected chi connectivity index (χ2v) is 7.81. The molecule has 4 atom stereocenters. The van der Waals surface area contributed by atoms with Crippen LogP contribution in [-0.2, 0) is 16.0 Å². The van der Waals surface area contributed by atoms with Gasteiger partial charge in [0.1, 0.15) is 0 Å². The van der Waals surface area contributed by atoms with Crippen molar-refractivity contribution < 1.29 is 14.7 Å². The number of amidine groups is 1. The van der Waals surface area contributed by atoms with Crippen LogP contribution in [0.4, 0.5) is 5.69 Å². The predicted octanol–water partition coefficient (Wildman–Crippen LogP) is 3.04. The van der Waals surface area contributed by atoms with Gasteiger partial charge in [-0.3, -0.25) is 20.2 Å². The smallest absolute Gasteiger partial charge is 0.328 e. The van der Waals surface area contributed by atoms with Crippen molar-refractivity contribution in [1.82, 2.24) is 10.4 Å². The first-order valence-corrected chi connectivity index (χ1v) is 10.0. The van der Waals surface area contributed by atoms with E-state index in [1.54, 1.807) is 17.1 Å². The van der Waals surface area contributed by atoms with E-state index in [0.717, 1.165) is 11.1 Å². The number of amides is 1. The lowest BCUT2D eigenvalue weighted by atomic mass is 9.87. The Morgan fingerprint density at radius 3 is 2.70 bits per heavy atom. The predicted molar refractivity (Wildman–Crippen MR) is 109 cm³/mol. The van der Waals surface area contributed by atoms with E-state index in [1.807, 2.05) is 49.4 Å². The van der Waals surface area contributed by atoms with Crippen molar-refractivity contribution >= 4 is 23.4 Å². The molecule has 2 aliphatic heterocycles. The molecule has 2 N–H and O–H groups in total. The first-order valence-electron chi connectivity index (χ1n) is 10.0. The Balaban J connectivity index is 1.63. The number of aliphatic imine (C=N–C) groups is 1. The molecule has 0 radical (unpaired) electrons. The van der Waals surface area contributed by atoms with Crippen LogP contribution in [0.3, 0.4) is 0 Å². The first kappa shape index (κ1) is 18.5. The van der Waals surface area contributed by atoms with Crippen LogP contribution in [0.25, 0.3) is 0 Å². The van der Waals surface area contributed by atoms with E-state index >= 15 is 0 Å². The number of fused-ring (bicyclic) bond motifs is 5. The number of carboxylic acids is 1. The second-order valence-electron chi connectivity index (χ2n) is 7.81. The maximum atomic E-state index is 13.2. The molecule has 8 nitrogen and oxygen atoms in total. The molecule has 2 aromatic rings. The van der Waals surface area contributed by atoms with Gasteiger partial charge in [-0.1, -0.05) is 49.4 Å². The molecule has 1 fully saturated rings. The highest BCUT2D eigenvalue weighted by molar-refractivity contribution is 6.17. The van der Waals surface area contributed by atoms with Crippen molar-refractivity contribution in [3.05, 3.63) is 65.7 Å². The highest BCUT2D eigenvalue weighted by atomic mass is 16.4. The van der Waals surface area contributed by atoms with Crippen LogP contribution in [0.15, 0.2) is 69.8 Å². The average Bonchev–Trinajstić information content (AvgIpc) is 3.27. The minimum Gasteiger partial charge on any atom is -0.480 e. The van der Waals surface area contributed by atoms with Gasteiger partial charge in [0.05, 0.1) is 11.7 Å². The van der Waals surface area contributed by atoms with Crippen molar-refractivity contribution in [2.45, 2.75) is 37.4 Å². The first-order chi connectivity index (χ1) is 14.5. The van der Waals surface area contributed by atoms with Gasteiger partial charge in [0, 0.05) is 5.92 Å². The van der Waals surface area contributed by atoms with Gasteiger partial charge in [0.15, 0.2) is 11.9 Å². The monoisotopic (exact) mass is 403 g/mol. The number of benzene rings is 2. The number of carbonyl (C=O) groups excluding carboxylic acids is 1. The lowest BCUT2D eigenvalue weighted by molar-refractivity contribution is -0.140. The fourth-order valence-electron chi connectivity index (χ4n) is 4.73. The standard InChI is InChI=1S/C22H21N5O3/c1-2-22(26-24-14-9-4-3-5-10-14)20-23-17(19(28)29)16-12-13-8-6-7-11-15(13)18(16)27(20)25-21(22)30/h3-11,16-18H,2,12H2,1H3,(H,25,30)(H,28,29). The van der Waals surface area contributed by atoms with Gasteiger partial charge in [-0.05, 0) is 36.1 Å². The summed E-state index contributed by atoms with van der Waals surface area (Å²) < 4.78 is 0. The van der Waals surface area contributed by atoms with Crippen LogP contribution in [0.2, 0.25) is 0 Å². The molecule has 152 valence electrons. The van der Waals surface area contributed by atoms with Gasteiger partial charge in [-0.15, -0.1) is 0 Å². The Morgan fingerprint density at radius 1 is 1.23 bits per heavy atom. The van der Waals surface area contributed by atoms with E-state index in [2.05, 4.69) is 20.6 Å². The van der Waals surface area contributed by atoms with Crippen LogP contribution in [0.5, 0.6) is 0 Å². The molecule has 1 amide bonds. The third-order valence-corrected chi connectivity index (χ3v) is 6.23. The highest BCUT2D eigenvalue weighted by Crippen LogP contribution is 2.48. The minimum atomic E-state index is -1.36. The van der Waals surface area contributed by atoms with E-state index < -0.39 is 17.6 Å². The molecule has 5 rings (SSSR count). The zero-order valence-corrected chi connectivity index (χ0v) is 16.4. The zero-order valence-electron chi connectivity index (χ0n) is 16.4. The Bertz CT molecular complexity index is 1080.